The van der Waals surface area contributed by atoms with Gasteiger partial charge in [-0.1, -0.05) is 24.3 Å². The molecule has 2 N–H and O–H groups in total. The van der Waals surface area contributed by atoms with Gasteiger partial charge >= 0.3 is 0 Å². The molecular formula is C27H28FN5O2. The van der Waals surface area contributed by atoms with Gasteiger partial charge in [-0.15, -0.1) is 0 Å². The van der Waals surface area contributed by atoms with E-state index >= 15 is 0 Å². The minimum atomic E-state index is -0.444. The fraction of sp³-hybridized carbons (Fsp3) is 0.333. The summed E-state index contributed by atoms with van der Waals surface area (Å²) in [5, 5.41) is 15.8. The molecule has 2 aromatic heterocycles. The summed E-state index contributed by atoms with van der Waals surface area (Å²) in [5.41, 5.74) is 2.14. The highest BCUT2D eigenvalue weighted by Crippen LogP contribution is 2.34. The van der Waals surface area contributed by atoms with Crippen LogP contribution in [0.25, 0.3) is 21.9 Å². The van der Waals surface area contributed by atoms with E-state index in [1.807, 2.05) is 44.3 Å². The van der Waals surface area contributed by atoms with Crippen molar-refractivity contribution in [1.82, 2.24) is 25.3 Å². The van der Waals surface area contributed by atoms with Gasteiger partial charge in [-0.05, 0) is 57.7 Å². The zero-order chi connectivity index (χ0) is 24.5. The molecule has 4 aromatic rings. The van der Waals surface area contributed by atoms with Gasteiger partial charge in [-0.2, -0.15) is 10.2 Å². The molecule has 1 aliphatic rings. The van der Waals surface area contributed by atoms with Crippen molar-refractivity contribution in [3.8, 4) is 11.1 Å². The van der Waals surface area contributed by atoms with Crippen molar-refractivity contribution in [3.05, 3.63) is 82.3 Å². The number of aromatic nitrogens is 4. The number of carbonyl (C=O) groups is 1. The number of aromatic amines is 1. The normalized spacial score (nSPS) is 18.2. The number of hydrogen-bond acceptors (Lipinski definition) is 4. The van der Waals surface area contributed by atoms with E-state index in [0.29, 0.717) is 22.1 Å². The number of H-pyrrole nitrogens is 1. The smallest absolute Gasteiger partial charge is 0.272 e. The summed E-state index contributed by atoms with van der Waals surface area (Å²) < 4.78 is 16.6. The van der Waals surface area contributed by atoms with E-state index in [2.05, 4.69) is 20.6 Å². The Bertz CT molecular complexity index is 1430. The predicted octanol–water partition coefficient (Wildman–Crippen LogP) is 4.96. The SMILES string of the molecule is CC(C)n1cc(-c2ccc(C(=O)N[C@H]3CC[C@H](c4n[nH]c(=O)c5ccccc54)CC3)cc2F)cn1. The summed E-state index contributed by atoms with van der Waals surface area (Å²) in [4.78, 5) is 24.9. The van der Waals surface area contributed by atoms with Gasteiger partial charge in [0, 0.05) is 46.3 Å². The van der Waals surface area contributed by atoms with Crippen LogP contribution in [-0.2, 0) is 0 Å². The summed E-state index contributed by atoms with van der Waals surface area (Å²) in [5.74, 6) is -0.501. The quantitative estimate of drug-likeness (QED) is 0.428. The zero-order valence-electron chi connectivity index (χ0n) is 19.8. The third-order valence-corrected chi connectivity index (χ3v) is 6.85. The molecule has 1 saturated carbocycles. The van der Waals surface area contributed by atoms with Crippen molar-refractivity contribution in [3.63, 3.8) is 0 Å². The largest absolute Gasteiger partial charge is 0.349 e. The minimum Gasteiger partial charge on any atom is -0.349 e. The van der Waals surface area contributed by atoms with E-state index < -0.39 is 5.82 Å². The van der Waals surface area contributed by atoms with Crippen molar-refractivity contribution in [2.24, 2.45) is 0 Å². The molecule has 35 heavy (non-hydrogen) atoms. The molecule has 1 fully saturated rings. The van der Waals surface area contributed by atoms with Crippen LogP contribution in [0.1, 0.15) is 67.5 Å². The lowest BCUT2D eigenvalue weighted by Crippen LogP contribution is -2.37. The number of amides is 1. The molecule has 0 unspecified atom stereocenters. The number of halogens is 1. The van der Waals surface area contributed by atoms with E-state index in [-0.39, 0.29) is 29.5 Å². The molecule has 5 rings (SSSR count). The van der Waals surface area contributed by atoms with Gasteiger partial charge in [0.2, 0.25) is 0 Å². The molecule has 0 bridgehead atoms. The Hall–Kier alpha value is -3.81. The summed E-state index contributed by atoms with van der Waals surface area (Å²) in [6, 6.07) is 12.3. The molecular weight excluding hydrogens is 445 g/mol. The molecule has 0 aliphatic heterocycles. The highest BCUT2D eigenvalue weighted by atomic mass is 19.1. The number of benzene rings is 2. The fourth-order valence-corrected chi connectivity index (χ4v) is 4.88. The second-order valence-electron chi connectivity index (χ2n) is 9.50. The van der Waals surface area contributed by atoms with Crippen LogP contribution in [0.15, 0.2) is 59.7 Å². The van der Waals surface area contributed by atoms with Crippen LogP contribution in [-0.4, -0.2) is 31.9 Å². The first-order chi connectivity index (χ1) is 16.9. The molecule has 2 aromatic carbocycles. The maximum atomic E-state index is 14.8. The van der Waals surface area contributed by atoms with E-state index in [4.69, 9.17) is 0 Å². The van der Waals surface area contributed by atoms with Crippen LogP contribution in [0.4, 0.5) is 4.39 Å². The maximum Gasteiger partial charge on any atom is 0.272 e. The van der Waals surface area contributed by atoms with Gasteiger partial charge in [0.1, 0.15) is 5.82 Å². The van der Waals surface area contributed by atoms with Crippen LogP contribution >= 0.6 is 0 Å². The molecule has 1 aliphatic carbocycles. The van der Waals surface area contributed by atoms with Crippen LogP contribution in [0, 0.1) is 5.82 Å². The molecule has 0 radical (unpaired) electrons. The van der Waals surface area contributed by atoms with Crippen molar-refractivity contribution >= 4 is 16.7 Å². The summed E-state index contributed by atoms with van der Waals surface area (Å²) in [6.45, 7) is 4.01. The predicted molar refractivity (Wildman–Crippen MR) is 133 cm³/mol. The van der Waals surface area contributed by atoms with Crippen LogP contribution in [0.3, 0.4) is 0 Å². The monoisotopic (exact) mass is 473 g/mol. The molecule has 8 heteroatoms. The molecule has 0 atom stereocenters. The number of nitrogens with zero attached hydrogens (tertiary/aromatic N) is 3. The average Bonchev–Trinajstić information content (AvgIpc) is 3.35. The van der Waals surface area contributed by atoms with E-state index in [9.17, 15) is 14.0 Å². The first-order valence-electron chi connectivity index (χ1n) is 12.0. The van der Waals surface area contributed by atoms with Crippen LogP contribution in [0.5, 0.6) is 0 Å². The van der Waals surface area contributed by atoms with Crippen molar-refractivity contribution in [2.45, 2.75) is 57.5 Å². The third-order valence-electron chi connectivity index (χ3n) is 6.85. The van der Waals surface area contributed by atoms with Crippen molar-refractivity contribution in [1.29, 1.82) is 0 Å². The Balaban J connectivity index is 1.24. The van der Waals surface area contributed by atoms with Crippen molar-refractivity contribution in [2.75, 3.05) is 0 Å². The maximum absolute atomic E-state index is 14.8. The zero-order valence-corrected chi connectivity index (χ0v) is 19.8. The first-order valence-corrected chi connectivity index (χ1v) is 12.0. The number of rotatable bonds is 5. The molecule has 1 amide bonds. The molecule has 0 spiro atoms. The second kappa shape index (κ2) is 9.44. The Labute approximate surface area is 202 Å². The molecule has 180 valence electrons. The Kier molecular flexibility index (Phi) is 6.19. The van der Waals surface area contributed by atoms with Crippen LogP contribution < -0.4 is 10.9 Å². The van der Waals surface area contributed by atoms with E-state index in [1.165, 1.54) is 6.07 Å². The minimum absolute atomic E-state index is 0.0137. The number of hydrogen-bond donors (Lipinski definition) is 2. The topological polar surface area (TPSA) is 92.7 Å². The summed E-state index contributed by atoms with van der Waals surface area (Å²) >= 11 is 0. The van der Waals surface area contributed by atoms with Gasteiger partial charge in [0.25, 0.3) is 11.5 Å². The number of carbonyl (C=O) groups excluding carboxylic acids is 1. The van der Waals surface area contributed by atoms with E-state index in [1.54, 1.807) is 23.0 Å². The standard InChI is InChI=1S/C27H28FN5O2/c1-16(2)33-15-19(14-29-33)21-12-9-18(13-24(21)28)26(34)30-20-10-7-17(8-11-20)25-22-5-3-4-6-23(22)27(35)32-31-25/h3-6,9,12-17,20H,7-8,10-11H2,1-2H3,(H,30,34)(H,32,35)/t17-,20-. The number of nitrogens with one attached hydrogen (secondary N) is 2. The highest BCUT2D eigenvalue weighted by Gasteiger charge is 2.26. The van der Waals surface area contributed by atoms with Gasteiger partial charge in [0.15, 0.2) is 0 Å². The van der Waals surface area contributed by atoms with Gasteiger partial charge < -0.3 is 5.32 Å². The third kappa shape index (κ3) is 4.60. The molecule has 7 nitrogen and oxygen atoms in total. The fourth-order valence-electron chi connectivity index (χ4n) is 4.88. The lowest BCUT2D eigenvalue weighted by atomic mass is 9.82. The Morgan fingerprint density at radius 3 is 2.54 bits per heavy atom. The lowest BCUT2D eigenvalue weighted by molar-refractivity contribution is 0.0925. The Morgan fingerprint density at radius 1 is 1.11 bits per heavy atom. The number of fused-ring (bicyclic) bond motifs is 1. The van der Waals surface area contributed by atoms with Gasteiger partial charge in [-0.25, -0.2) is 9.49 Å². The second-order valence-corrected chi connectivity index (χ2v) is 9.50. The molecule has 0 saturated heterocycles. The first kappa shape index (κ1) is 23.0. The van der Waals surface area contributed by atoms with Crippen LogP contribution in [0.2, 0.25) is 0 Å². The lowest BCUT2D eigenvalue weighted by Gasteiger charge is -2.29. The van der Waals surface area contributed by atoms with Gasteiger partial charge in [-0.3, -0.25) is 14.3 Å². The average molecular weight is 474 g/mol. The van der Waals surface area contributed by atoms with Crippen molar-refractivity contribution < 1.29 is 9.18 Å². The molecule has 2 heterocycles. The summed E-state index contributed by atoms with van der Waals surface area (Å²) in [7, 11) is 0. The summed E-state index contributed by atoms with van der Waals surface area (Å²) in [6.07, 6.45) is 6.72. The Morgan fingerprint density at radius 2 is 1.86 bits per heavy atom. The van der Waals surface area contributed by atoms with E-state index in [0.717, 1.165) is 36.8 Å². The highest BCUT2D eigenvalue weighted by molar-refractivity contribution is 5.95. The van der Waals surface area contributed by atoms with Gasteiger partial charge in [0.05, 0.1) is 17.3 Å².